The van der Waals surface area contributed by atoms with Crippen LogP contribution in [0.3, 0.4) is 0 Å². The van der Waals surface area contributed by atoms with Gasteiger partial charge in [0.2, 0.25) is 0 Å². The van der Waals surface area contributed by atoms with Gasteiger partial charge in [0.1, 0.15) is 0 Å². The fraction of sp³-hybridized carbons (Fsp3) is 0.538. The smallest absolute Gasteiger partial charge is 0.0579 e. The highest BCUT2D eigenvalue weighted by Crippen LogP contribution is 2.39. The van der Waals surface area contributed by atoms with Gasteiger partial charge in [-0.05, 0) is 72.5 Å². The third-order valence-electron chi connectivity index (χ3n) is 3.83. The van der Waals surface area contributed by atoms with Crippen molar-refractivity contribution in [1.82, 2.24) is 0 Å². The summed E-state index contributed by atoms with van der Waals surface area (Å²) in [5.74, 6) is 0. The normalized spacial score (nSPS) is 33.1. The zero-order chi connectivity index (χ0) is 11.1. The molecule has 2 aliphatic rings. The Morgan fingerprint density at radius 1 is 1.06 bits per heavy atom. The summed E-state index contributed by atoms with van der Waals surface area (Å²) < 4.78 is 1.28. The van der Waals surface area contributed by atoms with Gasteiger partial charge in [0.25, 0.3) is 0 Å². The van der Waals surface area contributed by atoms with Crippen molar-refractivity contribution in [2.75, 3.05) is 4.90 Å². The first-order valence-corrected chi connectivity index (χ1v) is 7.04. The standard InChI is InChI=1S/C13H16INO/c14-9-1-3-10(4-2-9)15-11-5-6-12(15)8-13(16)7-11/h1-4,11-13,16H,5-8H2/t11-,12+,13-. The van der Waals surface area contributed by atoms with Crippen molar-refractivity contribution in [2.24, 2.45) is 0 Å². The van der Waals surface area contributed by atoms with Crippen LogP contribution in [0.25, 0.3) is 0 Å². The predicted molar refractivity (Wildman–Crippen MR) is 73.7 cm³/mol. The molecule has 3 atom stereocenters. The number of hydrogen-bond acceptors (Lipinski definition) is 2. The third kappa shape index (κ3) is 1.84. The average molecular weight is 329 g/mol. The fourth-order valence-electron chi connectivity index (χ4n) is 3.18. The lowest BCUT2D eigenvalue weighted by molar-refractivity contribution is 0.126. The van der Waals surface area contributed by atoms with Crippen LogP contribution >= 0.6 is 22.6 Å². The molecule has 1 N–H and O–H groups in total. The second-order valence-electron chi connectivity index (χ2n) is 4.89. The van der Waals surface area contributed by atoms with Crippen molar-refractivity contribution in [1.29, 1.82) is 0 Å². The van der Waals surface area contributed by atoms with Crippen LogP contribution in [0, 0.1) is 3.57 Å². The highest BCUT2D eigenvalue weighted by atomic mass is 127. The van der Waals surface area contributed by atoms with Crippen molar-refractivity contribution in [3.63, 3.8) is 0 Å². The number of hydrogen-bond donors (Lipinski definition) is 1. The molecule has 0 aromatic heterocycles. The molecule has 2 heterocycles. The van der Waals surface area contributed by atoms with E-state index in [1.165, 1.54) is 22.1 Å². The predicted octanol–water partition coefficient (Wildman–Crippen LogP) is 2.78. The van der Waals surface area contributed by atoms with E-state index in [9.17, 15) is 5.11 Å². The lowest BCUT2D eigenvalue weighted by Crippen LogP contribution is -2.44. The Morgan fingerprint density at radius 2 is 1.62 bits per heavy atom. The number of rotatable bonds is 1. The molecule has 0 radical (unpaired) electrons. The Bertz CT molecular complexity index is 364. The molecule has 2 saturated heterocycles. The molecule has 0 amide bonds. The maximum atomic E-state index is 9.77. The van der Waals surface area contributed by atoms with E-state index in [4.69, 9.17) is 0 Å². The van der Waals surface area contributed by atoms with Gasteiger partial charge in [0.05, 0.1) is 6.10 Å². The SMILES string of the molecule is O[C@@H]1C[C@H]2CC[C@@H](C1)N2c1ccc(I)cc1. The van der Waals surface area contributed by atoms with Crippen LogP contribution in [-0.2, 0) is 0 Å². The Labute approximate surface area is 110 Å². The van der Waals surface area contributed by atoms with Gasteiger partial charge in [-0.3, -0.25) is 0 Å². The molecule has 3 heteroatoms. The molecule has 1 aromatic carbocycles. The number of piperidine rings is 1. The molecule has 0 unspecified atom stereocenters. The van der Waals surface area contributed by atoms with Gasteiger partial charge in [-0.2, -0.15) is 0 Å². The minimum atomic E-state index is -0.0717. The Morgan fingerprint density at radius 3 is 2.19 bits per heavy atom. The maximum Gasteiger partial charge on any atom is 0.0579 e. The largest absolute Gasteiger partial charge is 0.393 e. The van der Waals surface area contributed by atoms with E-state index in [-0.39, 0.29) is 6.10 Å². The van der Waals surface area contributed by atoms with Crippen LogP contribution < -0.4 is 4.90 Å². The van der Waals surface area contributed by atoms with E-state index >= 15 is 0 Å². The van der Waals surface area contributed by atoms with Gasteiger partial charge in [0, 0.05) is 21.3 Å². The summed E-state index contributed by atoms with van der Waals surface area (Å²) in [5, 5.41) is 9.77. The minimum absolute atomic E-state index is 0.0717. The molecule has 0 spiro atoms. The number of anilines is 1. The van der Waals surface area contributed by atoms with E-state index in [1.54, 1.807) is 0 Å². The number of halogens is 1. The summed E-state index contributed by atoms with van der Waals surface area (Å²) in [5.41, 5.74) is 1.33. The van der Waals surface area contributed by atoms with Crippen LogP contribution in [0.15, 0.2) is 24.3 Å². The number of fused-ring (bicyclic) bond motifs is 2. The van der Waals surface area contributed by atoms with Gasteiger partial charge < -0.3 is 10.0 Å². The molecule has 2 bridgehead atoms. The van der Waals surface area contributed by atoms with Crippen molar-refractivity contribution in [2.45, 2.75) is 43.9 Å². The van der Waals surface area contributed by atoms with Crippen LogP contribution in [0.4, 0.5) is 5.69 Å². The summed E-state index contributed by atoms with van der Waals surface area (Å²) in [6.07, 6.45) is 4.31. The number of aliphatic hydroxyl groups is 1. The van der Waals surface area contributed by atoms with Gasteiger partial charge in [0.15, 0.2) is 0 Å². The van der Waals surface area contributed by atoms with Crippen LogP contribution in [0.1, 0.15) is 25.7 Å². The van der Waals surface area contributed by atoms with Crippen molar-refractivity contribution in [3.8, 4) is 0 Å². The van der Waals surface area contributed by atoms with Gasteiger partial charge >= 0.3 is 0 Å². The highest BCUT2D eigenvalue weighted by Gasteiger charge is 2.39. The van der Waals surface area contributed by atoms with Crippen molar-refractivity contribution in [3.05, 3.63) is 27.8 Å². The first-order chi connectivity index (χ1) is 7.74. The number of benzene rings is 1. The van der Waals surface area contributed by atoms with E-state index < -0.39 is 0 Å². The Balaban J connectivity index is 1.88. The highest BCUT2D eigenvalue weighted by molar-refractivity contribution is 14.1. The molecular formula is C13H16INO. The molecular weight excluding hydrogens is 313 g/mol. The third-order valence-corrected chi connectivity index (χ3v) is 4.55. The molecule has 2 nitrogen and oxygen atoms in total. The van der Waals surface area contributed by atoms with E-state index in [2.05, 4.69) is 51.8 Å². The molecule has 1 aromatic rings. The molecule has 2 aliphatic heterocycles. The lowest BCUT2D eigenvalue weighted by Gasteiger charge is -2.39. The second kappa shape index (κ2) is 4.18. The zero-order valence-corrected chi connectivity index (χ0v) is 11.3. The van der Waals surface area contributed by atoms with E-state index in [0.717, 1.165) is 12.8 Å². The molecule has 86 valence electrons. The van der Waals surface area contributed by atoms with Crippen molar-refractivity contribution >= 4 is 28.3 Å². The lowest BCUT2D eigenvalue weighted by atomic mass is 9.99. The summed E-state index contributed by atoms with van der Waals surface area (Å²) in [7, 11) is 0. The summed E-state index contributed by atoms with van der Waals surface area (Å²) >= 11 is 2.34. The summed E-state index contributed by atoms with van der Waals surface area (Å²) in [4.78, 5) is 2.53. The van der Waals surface area contributed by atoms with E-state index in [1.807, 2.05) is 0 Å². The fourth-order valence-corrected chi connectivity index (χ4v) is 3.54. The average Bonchev–Trinajstić information content (AvgIpc) is 2.54. The minimum Gasteiger partial charge on any atom is -0.393 e. The second-order valence-corrected chi connectivity index (χ2v) is 6.14. The zero-order valence-electron chi connectivity index (χ0n) is 9.14. The first-order valence-electron chi connectivity index (χ1n) is 5.96. The van der Waals surface area contributed by atoms with Gasteiger partial charge in [-0.15, -0.1) is 0 Å². The number of aliphatic hydroxyl groups excluding tert-OH is 1. The van der Waals surface area contributed by atoms with E-state index in [0.29, 0.717) is 12.1 Å². The molecule has 2 fully saturated rings. The Kier molecular flexibility index (Phi) is 2.83. The van der Waals surface area contributed by atoms with Crippen molar-refractivity contribution < 1.29 is 5.11 Å². The Hall–Kier alpha value is -0.290. The maximum absolute atomic E-state index is 9.77. The molecule has 3 rings (SSSR count). The van der Waals surface area contributed by atoms with Gasteiger partial charge in [-0.1, -0.05) is 0 Å². The van der Waals surface area contributed by atoms with Crippen LogP contribution in [-0.4, -0.2) is 23.3 Å². The monoisotopic (exact) mass is 329 g/mol. The molecule has 0 aliphatic carbocycles. The summed E-state index contributed by atoms with van der Waals surface area (Å²) in [6, 6.07) is 9.89. The topological polar surface area (TPSA) is 23.5 Å². The molecule has 16 heavy (non-hydrogen) atoms. The number of nitrogens with zero attached hydrogens (tertiary/aromatic N) is 1. The van der Waals surface area contributed by atoms with Crippen LogP contribution in [0.5, 0.6) is 0 Å². The van der Waals surface area contributed by atoms with Gasteiger partial charge in [-0.25, -0.2) is 0 Å². The quantitative estimate of drug-likeness (QED) is 0.801. The summed E-state index contributed by atoms with van der Waals surface area (Å²) in [6.45, 7) is 0. The van der Waals surface area contributed by atoms with Crippen LogP contribution in [0.2, 0.25) is 0 Å². The first kappa shape index (κ1) is 10.8. The molecule has 0 saturated carbocycles.